The second-order valence-corrected chi connectivity index (χ2v) is 7.30. The summed E-state index contributed by atoms with van der Waals surface area (Å²) in [5.74, 6) is 0. The van der Waals surface area contributed by atoms with Gasteiger partial charge in [-0.1, -0.05) is 11.6 Å². The summed E-state index contributed by atoms with van der Waals surface area (Å²) < 4.78 is 5.70. The van der Waals surface area contributed by atoms with Crippen LogP contribution in [0.1, 0.15) is 12.6 Å². The number of hydrogen-bond acceptors (Lipinski definition) is 4. The van der Waals surface area contributed by atoms with E-state index in [0.717, 1.165) is 50.6 Å². The molecule has 2 aliphatic heterocycles. The van der Waals surface area contributed by atoms with Crippen LogP contribution < -0.4 is 5.43 Å². The molecule has 2 aliphatic rings. The summed E-state index contributed by atoms with van der Waals surface area (Å²) in [4.78, 5) is 20.7. The maximum atomic E-state index is 12.3. The van der Waals surface area contributed by atoms with E-state index in [-0.39, 0.29) is 5.43 Å². The Bertz CT molecular complexity index is 806. The van der Waals surface area contributed by atoms with Gasteiger partial charge < -0.3 is 9.72 Å². The first-order chi connectivity index (χ1) is 11.6. The van der Waals surface area contributed by atoms with Gasteiger partial charge in [-0.25, -0.2) is 0 Å². The zero-order chi connectivity index (χ0) is 16.7. The van der Waals surface area contributed by atoms with E-state index in [4.69, 9.17) is 16.3 Å². The highest BCUT2D eigenvalue weighted by molar-refractivity contribution is 6.31. The Hall–Kier alpha value is -1.40. The van der Waals surface area contributed by atoms with Gasteiger partial charge >= 0.3 is 0 Å². The number of hydrogen-bond donors (Lipinski definition) is 1. The number of nitrogens with zero attached hydrogens (tertiary/aromatic N) is 2. The summed E-state index contributed by atoms with van der Waals surface area (Å²) in [6.07, 6.45) is 0. The Labute approximate surface area is 146 Å². The van der Waals surface area contributed by atoms with Crippen LogP contribution in [0.4, 0.5) is 0 Å². The Kier molecular flexibility index (Phi) is 4.35. The van der Waals surface area contributed by atoms with Crippen molar-refractivity contribution >= 4 is 22.5 Å². The topological polar surface area (TPSA) is 48.6 Å². The van der Waals surface area contributed by atoms with Crippen LogP contribution in [0.2, 0.25) is 5.02 Å². The van der Waals surface area contributed by atoms with Crippen molar-refractivity contribution in [1.82, 2.24) is 14.8 Å². The molecule has 1 aromatic carbocycles. The first-order valence-corrected chi connectivity index (χ1v) is 8.85. The largest absolute Gasteiger partial charge is 0.378 e. The van der Waals surface area contributed by atoms with E-state index >= 15 is 0 Å². The number of H-pyrrole nitrogens is 1. The summed E-state index contributed by atoms with van der Waals surface area (Å²) >= 11 is 5.99. The van der Waals surface area contributed by atoms with E-state index in [2.05, 4.69) is 21.7 Å². The maximum absolute atomic E-state index is 12.3. The van der Waals surface area contributed by atoms with Crippen LogP contribution in [0.25, 0.3) is 10.9 Å². The number of piperazine rings is 1. The Morgan fingerprint density at radius 3 is 3.04 bits per heavy atom. The Morgan fingerprint density at radius 1 is 1.29 bits per heavy atom. The molecule has 5 nitrogen and oxygen atoms in total. The molecule has 0 aliphatic carbocycles. The summed E-state index contributed by atoms with van der Waals surface area (Å²) in [5, 5.41) is 1.23. The van der Waals surface area contributed by atoms with Crippen molar-refractivity contribution in [3.63, 3.8) is 0 Å². The van der Waals surface area contributed by atoms with Gasteiger partial charge in [0.05, 0.1) is 13.2 Å². The number of rotatable bonds is 2. The average molecular weight is 348 g/mol. The second-order valence-electron chi connectivity index (χ2n) is 6.86. The summed E-state index contributed by atoms with van der Waals surface area (Å²) in [6, 6.07) is 8.05. The van der Waals surface area contributed by atoms with Crippen molar-refractivity contribution in [1.29, 1.82) is 0 Å². The number of fused-ring (bicyclic) bond motifs is 2. The molecule has 2 fully saturated rings. The molecular weight excluding hydrogens is 326 g/mol. The minimum Gasteiger partial charge on any atom is -0.378 e. The number of aromatic amines is 1. The van der Waals surface area contributed by atoms with Crippen molar-refractivity contribution in [2.45, 2.75) is 25.6 Å². The molecule has 0 radical (unpaired) electrons. The number of benzene rings is 1. The molecule has 0 saturated carbocycles. The monoisotopic (exact) mass is 347 g/mol. The van der Waals surface area contributed by atoms with Gasteiger partial charge in [0, 0.05) is 65.9 Å². The van der Waals surface area contributed by atoms with Gasteiger partial charge in [-0.2, -0.15) is 0 Å². The lowest BCUT2D eigenvalue weighted by molar-refractivity contribution is -0.0767. The molecule has 2 saturated heterocycles. The fraction of sp³-hybridized carbons (Fsp3) is 0.500. The fourth-order valence-corrected chi connectivity index (χ4v) is 4.05. The number of morpholine rings is 1. The molecular formula is C18H22ClN3O2. The molecule has 2 atom stereocenters. The van der Waals surface area contributed by atoms with Gasteiger partial charge in [-0.05, 0) is 25.1 Å². The van der Waals surface area contributed by atoms with Crippen molar-refractivity contribution < 1.29 is 4.74 Å². The molecule has 128 valence electrons. The van der Waals surface area contributed by atoms with Crippen LogP contribution >= 0.6 is 11.6 Å². The molecule has 24 heavy (non-hydrogen) atoms. The van der Waals surface area contributed by atoms with Crippen LogP contribution in [0.5, 0.6) is 0 Å². The third kappa shape index (κ3) is 3.09. The van der Waals surface area contributed by atoms with Crippen LogP contribution in [-0.4, -0.2) is 59.7 Å². The van der Waals surface area contributed by atoms with Gasteiger partial charge in [0.1, 0.15) is 0 Å². The molecule has 1 N–H and O–H groups in total. The highest BCUT2D eigenvalue weighted by Crippen LogP contribution is 2.20. The molecule has 2 aromatic rings. The van der Waals surface area contributed by atoms with Crippen molar-refractivity contribution in [2.24, 2.45) is 0 Å². The van der Waals surface area contributed by atoms with Gasteiger partial charge in [0.2, 0.25) is 0 Å². The van der Waals surface area contributed by atoms with E-state index in [1.54, 1.807) is 12.1 Å². The molecule has 4 rings (SSSR count). The van der Waals surface area contributed by atoms with E-state index in [1.807, 2.05) is 12.1 Å². The van der Waals surface area contributed by atoms with Gasteiger partial charge in [0.15, 0.2) is 5.43 Å². The van der Waals surface area contributed by atoms with Crippen molar-refractivity contribution in [3.8, 4) is 0 Å². The standard InChI is InChI=1S/C18H22ClN3O2/c1-12-10-24-11-15-9-21(4-5-22(12)15)8-14-7-18(23)16-6-13(19)2-3-17(16)20-14/h2-3,6-7,12,15H,4-5,8-11H2,1H3,(H,20,23)/t12-,15+/m0/s1. The summed E-state index contributed by atoms with van der Waals surface area (Å²) in [6.45, 7) is 7.67. The average Bonchev–Trinajstić information content (AvgIpc) is 2.56. The molecule has 1 aromatic heterocycles. The van der Waals surface area contributed by atoms with Crippen molar-refractivity contribution in [3.05, 3.63) is 45.2 Å². The number of halogens is 1. The lowest BCUT2D eigenvalue weighted by Gasteiger charge is -2.47. The smallest absolute Gasteiger partial charge is 0.189 e. The highest BCUT2D eigenvalue weighted by Gasteiger charge is 2.33. The first kappa shape index (κ1) is 16.1. The number of aromatic nitrogens is 1. The SMILES string of the molecule is C[C@H]1COC[C@H]2CN(Cc3cc(=O)c4cc(Cl)ccc4[nH]3)CCN21. The minimum atomic E-state index is 0.0227. The normalized spacial score (nSPS) is 25.8. The number of nitrogens with one attached hydrogen (secondary N) is 1. The minimum absolute atomic E-state index is 0.0227. The first-order valence-electron chi connectivity index (χ1n) is 8.47. The van der Waals surface area contributed by atoms with Crippen LogP contribution in [0.3, 0.4) is 0 Å². The summed E-state index contributed by atoms with van der Waals surface area (Å²) in [5.41, 5.74) is 1.82. The third-order valence-electron chi connectivity index (χ3n) is 5.09. The quantitative estimate of drug-likeness (QED) is 0.903. The Morgan fingerprint density at radius 2 is 2.17 bits per heavy atom. The molecule has 3 heterocycles. The van der Waals surface area contributed by atoms with Gasteiger partial charge in [-0.15, -0.1) is 0 Å². The van der Waals surface area contributed by atoms with Gasteiger partial charge in [0.25, 0.3) is 0 Å². The van der Waals surface area contributed by atoms with Crippen LogP contribution in [-0.2, 0) is 11.3 Å². The van der Waals surface area contributed by atoms with Crippen LogP contribution in [0.15, 0.2) is 29.1 Å². The van der Waals surface area contributed by atoms with Gasteiger partial charge in [-0.3, -0.25) is 14.6 Å². The zero-order valence-corrected chi connectivity index (χ0v) is 14.6. The predicted molar refractivity (Wildman–Crippen MR) is 95.6 cm³/mol. The zero-order valence-electron chi connectivity index (χ0n) is 13.8. The predicted octanol–water partition coefficient (Wildman–Crippen LogP) is 2.09. The lowest BCUT2D eigenvalue weighted by atomic mass is 10.1. The second kappa shape index (κ2) is 6.48. The molecule has 0 spiro atoms. The van der Waals surface area contributed by atoms with E-state index in [0.29, 0.717) is 22.5 Å². The molecule has 0 unspecified atom stereocenters. The molecule has 0 amide bonds. The Balaban J connectivity index is 1.52. The summed E-state index contributed by atoms with van der Waals surface area (Å²) in [7, 11) is 0. The number of ether oxygens (including phenoxy) is 1. The van der Waals surface area contributed by atoms with Crippen molar-refractivity contribution in [2.75, 3.05) is 32.8 Å². The maximum Gasteiger partial charge on any atom is 0.189 e. The van der Waals surface area contributed by atoms with Crippen LogP contribution in [0, 0.1) is 0 Å². The highest BCUT2D eigenvalue weighted by atomic mass is 35.5. The van der Waals surface area contributed by atoms with E-state index in [1.165, 1.54) is 0 Å². The number of pyridine rings is 1. The van der Waals surface area contributed by atoms with E-state index in [9.17, 15) is 4.79 Å². The molecule has 0 bridgehead atoms. The third-order valence-corrected chi connectivity index (χ3v) is 5.32. The molecule has 6 heteroatoms. The lowest BCUT2D eigenvalue weighted by Crippen LogP contribution is -2.60. The van der Waals surface area contributed by atoms with E-state index < -0.39 is 0 Å². The fourth-order valence-electron chi connectivity index (χ4n) is 3.88.